The van der Waals surface area contributed by atoms with Gasteiger partial charge in [-0.15, -0.1) is 0 Å². The molecule has 1 saturated heterocycles. The molecule has 1 heterocycles. The van der Waals surface area contributed by atoms with Crippen LogP contribution in [0.25, 0.3) is 11.1 Å². The molecule has 2 amide bonds. The zero-order valence-electron chi connectivity index (χ0n) is 15.1. The average molecular weight is 368 g/mol. The number of rotatable bonds is 5. The molecule has 0 radical (unpaired) electrons. The molecule has 0 bridgehead atoms. The summed E-state index contributed by atoms with van der Waals surface area (Å²) in [6.07, 6.45) is 0.797. The van der Waals surface area contributed by atoms with Crippen molar-refractivity contribution in [3.05, 3.63) is 60.2 Å². The zero-order chi connectivity index (χ0) is 19.3. The highest BCUT2D eigenvalue weighted by Gasteiger charge is 2.35. The summed E-state index contributed by atoms with van der Waals surface area (Å²) in [5.41, 5.74) is 2.13. The molecule has 3 rings (SSSR count). The Morgan fingerprint density at radius 3 is 2.15 bits per heavy atom. The van der Waals surface area contributed by atoms with E-state index >= 15 is 0 Å². The van der Waals surface area contributed by atoms with Crippen LogP contribution in [-0.2, 0) is 10.4 Å². The first-order valence-electron chi connectivity index (χ1n) is 9.11. The number of likely N-dealkylation sites (tertiary alicyclic amines) is 1. The smallest absolute Gasteiger partial charge is 0.317 e. The normalized spacial score (nSPS) is 16.0. The van der Waals surface area contributed by atoms with Crippen LogP contribution in [-0.4, -0.2) is 46.7 Å². The van der Waals surface area contributed by atoms with Crippen LogP contribution < -0.4 is 5.32 Å². The van der Waals surface area contributed by atoms with Crippen LogP contribution >= 0.6 is 0 Å². The van der Waals surface area contributed by atoms with Crippen LogP contribution in [0, 0.1) is 0 Å². The van der Waals surface area contributed by atoms with Gasteiger partial charge in [0, 0.05) is 19.6 Å². The molecule has 0 unspecified atom stereocenters. The van der Waals surface area contributed by atoms with Gasteiger partial charge in [0.2, 0.25) is 0 Å². The number of carboxylic acids is 1. The monoisotopic (exact) mass is 368 g/mol. The van der Waals surface area contributed by atoms with Crippen molar-refractivity contribution in [3.63, 3.8) is 0 Å². The number of piperidine rings is 1. The van der Waals surface area contributed by atoms with Crippen molar-refractivity contribution in [2.75, 3.05) is 19.6 Å². The second-order valence-electron chi connectivity index (χ2n) is 6.84. The molecule has 0 saturated carbocycles. The number of hydrogen-bond donors (Lipinski definition) is 3. The number of benzene rings is 2. The minimum Gasteiger partial charge on any atom is -0.481 e. The molecule has 0 spiro atoms. The molecule has 27 heavy (non-hydrogen) atoms. The van der Waals surface area contributed by atoms with Gasteiger partial charge in [0.05, 0.1) is 12.0 Å². The van der Waals surface area contributed by atoms with Gasteiger partial charge in [0.1, 0.15) is 0 Å². The first kappa shape index (κ1) is 18.9. The SMILES string of the molecule is O=C(O)CCNC(=O)N1CCC(O)(c2ccc(-c3ccccc3)cc2)CC1. The molecule has 1 aliphatic rings. The number of aliphatic carboxylic acids is 1. The first-order valence-corrected chi connectivity index (χ1v) is 9.11. The molecule has 1 aliphatic heterocycles. The van der Waals surface area contributed by atoms with Gasteiger partial charge >= 0.3 is 12.0 Å². The molecule has 2 aromatic rings. The van der Waals surface area contributed by atoms with Crippen LogP contribution in [0.5, 0.6) is 0 Å². The fourth-order valence-electron chi connectivity index (χ4n) is 3.36. The maximum Gasteiger partial charge on any atom is 0.317 e. The van der Waals surface area contributed by atoms with Crippen molar-refractivity contribution < 1.29 is 19.8 Å². The summed E-state index contributed by atoms with van der Waals surface area (Å²) in [7, 11) is 0. The number of aliphatic hydroxyl groups is 1. The number of carbonyl (C=O) groups is 2. The third-order valence-corrected chi connectivity index (χ3v) is 5.02. The lowest BCUT2D eigenvalue weighted by atomic mass is 9.84. The van der Waals surface area contributed by atoms with Gasteiger partial charge in [0.15, 0.2) is 0 Å². The summed E-state index contributed by atoms with van der Waals surface area (Å²) in [5.74, 6) is -0.942. The van der Waals surface area contributed by atoms with Crippen molar-refractivity contribution in [2.45, 2.75) is 24.9 Å². The topological polar surface area (TPSA) is 89.9 Å². The van der Waals surface area contributed by atoms with Gasteiger partial charge in [-0.05, 0) is 29.5 Å². The van der Waals surface area contributed by atoms with E-state index in [2.05, 4.69) is 5.32 Å². The molecule has 0 aliphatic carbocycles. The summed E-state index contributed by atoms with van der Waals surface area (Å²) in [6.45, 7) is 0.960. The number of urea groups is 1. The molecule has 0 aromatic heterocycles. The van der Waals surface area contributed by atoms with Crippen molar-refractivity contribution in [2.24, 2.45) is 0 Å². The van der Waals surface area contributed by atoms with E-state index in [1.807, 2.05) is 54.6 Å². The number of amides is 2. The fourth-order valence-corrected chi connectivity index (χ4v) is 3.36. The molecule has 1 fully saturated rings. The Balaban J connectivity index is 1.59. The van der Waals surface area contributed by atoms with Crippen LogP contribution in [0.3, 0.4) is 0 Å². The van der Waals surface area contributed by atoms with Gasteiger partial charge in [-0.1, -0.05) is 54.6 Å². The Morgan fingerprint density at radius 2 is 1.56 bits per heavy atom. The van der Waals surface area contributed by atoms with Gasteiger partial charge in [-0.3, -0.25) is 4.79 Å². The number of carbonyl (C=O) groups excluding carboxylic acids is 1. The van der Waals surface area contributed by atoms with Crippen LogP contribution in [0.1, 0.15) is 24.8 Å². The van der Waals surface area contributed by atoms with Crippen molar-refractivity contribution >= 4 is 12.0 Å². The Hall–Kier alpha value is -2.86. The average Bonchev–Trinajstić information content (AvgIpc) is 2.69. The van der Waals surface area contributed by atoms with Gasteiger partial charge in [0.25, 0.3) is 0 Å². The maximum absolute atomic E-state index is 12.1. The lowest BCUT2D eigenvalue weighted by Gasteiger charge is -2.38. The van der Waals surface area contributed by atoms with Crippen molar-refractivity contribution in [1.82, 2.24) is 10.2 Å². The number of nitrogens with one attached hydrogen (secondary N) is 1. The van der Waals surface area contributed by atoms with Crippen molar-refractivity contribution in [3.8, 4) is 11.1 Å². The van der Waals surface area contributed by atoms with E-state index < -0.39 is 11.6 Å². The van der Waals surface area contributed by atoms with E-state index in [-0.39, 0.29) is 19.0 Å². The predicted molar refractivity (Wildman–Crippen MR) is 102 cm³/mol. The van der Waals surface area contributed by atoms with Gasteiger partial charge in [-0.25, -0.2) is 4.79 Å². The molecular formula is C21H24N2O4. The van der Waals surface area contributed by atoms with Gasteiger partial charge < -0.3 is 20.4 Å². The number of nitrogens with zero attached hydrogens (tertiary/aromatic N) is 1. The highest BCUT2D eigenvalue weighted by atomic mass is 16.4. The predicted octanol–water partition coefficient (Wildman–Crippen LogP) is 2.82. The highest BCUT2D eigenvalue weighted by molar-refractivity contribution is 5.75. The third-order valence-electron chi connectivity index (χ3n) is 5.02. The van der Waals surface area contributed by atoms with E-state index in [9.17, 15) is 14.7 Å². The zero-order valence-corrected chi connectivity index (χ0v) is 15.1. The molecule has 0 atom stereocenters. The second kappa shape index (κ2) is 8.22. The second-order valence-corrected chi connectivity index (χ2v) is 6.84. The quantitative estimate of drug-likeness (QED) is 0.757. The van der Waals surface area contributed by atoms with Gasteiger partial charge in [-0.2, -0.15) is 0 Å². The Morgan fingerprint density at radius 1 is 0.963 bits per heavy atom. The molecule has 2 aromatic carbocycles. The molecule has 3 N–H and O–H groups in total. The fraction of sp³-hybridized carbons (Fsp3) is 0.333. The Kier molecular flexibility index (Phi) is 5.76. The summed E-state index contributed by atoms with van der Waals surface area (Å²) in [4.78, 5) is 24.2. The lowest BCUT2D eigenvalue weighted by molar-refractivity contribution is -0.136. The van der Waals surface area contributed by atoms with E-state index in [0.29, 0.717) is 25.9 Å². The minimum absolute atomic E-state index is 0.0999. The minimum atomic E-state index is -0.951. The maximum atomic E-state index is 12.1. The third kappa shape index (κ3) is 4.65. The number of carboxylic acid groups (broad SMARTS) is 1. The molecular weight excluding hydrogens is 344 g/mol. The van der Waals surface area contributed by atoms with E-state index in [4.69, 9.17) is 5.11 Å². The van der Waals surface area contributed by atoms with E-state index in [0.717, 1.165) is 16.7 Å². The summed E-state index contributed by atoms with van der Waals surface area (Å²) in [6, 6.07) is 17.7. The van der Waals surface area contributed by atoms with Crippen LogP contribution in [0.15, 0.2) is 54.6 Å². The first-order chi connectivity index (χ1) is 13.0. The molecule has 6 heteroatoms. The summed E-state index contributed by atoms with van der Waals surface area (Å²) < 4.78 is 0. The Labute approximate surface area is 158 Å². The highest BCUT2D eigenvalue weighted by Crippen LogP contribution is 2.34. The lowest BCUT2D eigenvalue weighted by Crippen LogP contribution is -2.49. The van der Waals surface area contributed by atoms with Crippen LogP contribution in [0.2, 0.25) is 0 Å². The van der Waals surface area contributed by atoms with Crippen molar-refractivity contribution in [1.29, 1.82) is 0 Å². The largest absolute Gasteiger partial charge is 0.481 e. The standard InChI is InChI=1S/C21H24N2O4/c24-19(25)10-13-22-20(26)23-14-11-21(27,12-15-23)18-8-6-17(7-9-18)16-4-2-1-3-5-16/h1-9,27H,10-15H2,(H,22,26)(H,24,25). The summed E-state index contributed by atoms with van der Waals surface area (Å²) in [5, 5.41) is 22.2. The summed E-state index contributed by atoms with van der Waals surface area (Å²) >= 11 is 0. The van der Waals surface area contributed by atoms with E-state index in [1.165, 1.54) is 0 Å². The Bertz CT molecular complexity index is 782. The number of hydrogen-bond acceptors (Lipinski definition) is 3. The molecule has 6 nitrogen and oxygen atoms in total. The van der Waals surface area contributed by atoms with Crippen LogP contribution in [0.4, 0.5) is 4.79 Å². The molecule has 142 valence electrons. The van der Waals surface area contributed by atoms with E-state index in [1.54, 1.807) is 4.90 Å².